The summed E-state index contributed by atoms with van der Waals surface area (Å²) >= 11 is 0. The molecule has 0 unspecified atom stereocenters. The maximum Gasteiger partial charge on any atom is 0.167 e. The molecule has 4 heteroatoms. The molecule has 3 rings (SSSR count). The van der Waals surface area contributed by atoms with E-state index in [4.69, 9.17) is 0 Å². The molecule has 0 aromatic heterocycles. The molecule has 1 saturated carbocycles. The summed E-state index contributed by atoms with van der Waals surface area (Å²) < 4.78 is 59.4. The second kappa shape index (κ2) is 13.1. The van der Waals surface area contributed by atoms with Crippen LogP contribution in [0, 0.1) is 29.2 Å². The molecule has 1 aliphatic carbocycles. The predicted octanol–water partition coefficient (Wildman–Crippen LogP) is 10.1. The Kier molecular flexibility index (Phi) is 10.2. The minimum absolute atomic E-state index is 0.0193. The van der Waals surface area contributed by atoms with Crippen LogP contribution in [0.2, 0.25) is 0 Å². The maximum absolute atomic E-state index is 15.1. The maximum atomic E-state index is 15.1. The van der Waals surface area contributed by atoms with Crippen molar-refractivity contribution in [2.75, 3.05) is 0 Å². The van der Waals surface area contributed by atoms with Gasteiger partial charge in [0.1, 0.15) is 0 Å². The number of hydrogen-bond acceptors (Lipinski definition) is 0. The summed E-state index contributed by atoms with van der Waals surface area (Å²) in [4.78, 5) is 0. The molecule has 2 aromatic carbocycles. The van der Waals surface area contributed by atoms with E-state index in [1.807, 2.05) is 13.0 Å². The Hall–Kier alpha value is -2.10. The molecule has 0 nitrogen and oxygen atoms in total. The standard InChI is InChI=1S/C30H38F4/c1-3-5-7-8-10-11-21-13-15-22(16-14-21)24-19-20-26(30(34)28(24)32)25-18-17-23(12-9-6-4-2)27(31)29(25)33/h6,9,17-22H,3-5,7-8,10-16H2,1-2H3/b9-6-. The van der Waals surface area contributed by atoms with Crippen molar-refractivity contribution < 1.29 is 17.6 Å². The van der Waals surface area contributed by atoms with Crippen LogP contribution in [0.4, 0.5) is 17.6 Å². The van der Waals surface area contributed by atoms with Gasteiger partial charge in [0.2, 0.25) is 0 Å². The Morgan fingerprint density at radius 3 is 2.03 bits per heavy atom. The number of benzene rings is 2. The summed E-state index contributed by atoms with van der Waals surface area (Å²) in [6, 6.07) is 5.76. The Labute approximate surface area is 202 Å². The number of halogens is 4. The quantitative estimate of drug-likeness (QED) is 0.173. The SMILES string of the molecule is CC/C=C\Cc1ccc(-c2ccc(C3CCC(CCCCCCC)CC3)c(F)c2F)c(F)c1F. The van der Waals surface area contributed by atoms with Crippen LogP contribution in [-0.4, -0.2) is 0 Å². The van der Waals surface area contributed by atoms with Gasteiger partial charge < -0.3 is 0 Å². The van der Waals surface area contributed by atoms with Gasteiger partial charge in [0.05, 0.1) is 0 Å². The van der Waals surface area contributed by atoms with E-state index in [9.17, 15) is 8.78 Å². The van der Waals surface area contributed by atoms with Gasteiger partial charge in [0.25, 0.3) is 0 Å². The first-order chi connectivity index (χ1) is 16.5. The normalized spacial score (nSPS) is 18.6. The third-order valence-electron chi connectivity index (χ3n) is 7.31. The zero-order valence-corrected chi connectivity index (χ0v) is 20.6. The summed E-state index contributed by atoms with van der Waals surface area (Å²) in [7, 11) is 0. The van der Waals surface area contributed by atoms with Crippen LogP contribution in [-0.2, 0) is 6.42 Å². The summed E-state index contributed by atoms with van der Waals surface area (Å²) in [5.74, 6) is -3.49. The topological polar surface area (TPSA) is 0 Å². The van der Waals surface area contributed by atoms with E-state index in [1.165, 1.54) is 56.7 Å². The fraction of sp³-hybridized carbons (Fsp3) is 0.533. The average molecular weight is 475 g/mol. The summed E-state index contributed by atoms with van der Waals surface area (Å²) in [6.45, 7) is 4.17. The van der Waals surface area contributed by atoms with Crippen LogP contribution in [0.5, 0.6) is 0 Å². The Balaban J connectivity index is 1.68. The third-order valence-corrected chi connectivity index (χ3v) is 7.31. The van der Waals surface area contributed by atoms with Crippen molar-refractivity contribution in [2.45, 2.75) is 96.8 Å². The molecule has 34 heavy (non-hydrogen) atoms. The molecule has 0 spiro atoms. The largest absolute Gasteiger partial charge is 0.203 e. The molecule has 0 amide bonds. The number of hydrogen-bond donors (Lipinski definition) is 0. The molecule has 1 aliphatic rings. The fourth-order valence-corrected chi connectivity index (χ4v) is 5.22. The van der Waals surface area contributed by atoms with E-state index in [0.29, 0.717) is 11.5 Å². The van der Waals surface area contributed by atoms with E-state index >= 15 is 8.78 Å². The van der Waals surface area contributed by atoms with Gasteiger partial charge in [-0.05, 0) is 61.5 Å². The molecule has 186 valence electrons. The van der Waals surface area contributed by atoms with E-state index in [1.54, 1.807) is 12.1 Å². The molecule has 0 aliphatic heterocycles. The minimum Gasteiger partial charge on any atom is -0.203 e. The summed E-state index contributed by atoms with van der Waals surface area (Å²) in [5.41, 5.74) is 0.0972. The van der Waals surface area contributed by atoms with Crippen molar-refractivity contribution in [2.24, 2.45) is 5.92 Å². The van der Waals surface area contributed by atoms with Crippen molar-refractivity contribution >= 4 is 0 Å². The van der Waals surface area contributed by atoms with Crippen LogP contribution in [0.3, 0.4) is 0 Å². The molecule has 0 atom stereocenters. The summed E-state index contributed by atoms with van der Waals surface area (Å²) in [5, 5.41) is 0. The van der Waals surface area contributed by atoms with Crippen molar-refractivity contribution in [3.8, 4) is 11.1 Å². The highest BCUT2D eigenvalue weighted by Crippen LogP contribution is 2.40. The Morgan fingerprint density at radius 2 is 1.35 bits per heavy atom. The highest BCUT2D eigenvalue weighted by molar-refractivity contribution is 5.66. The van der Waals surface area contributed by atoms with Crippen LogP contribution in [0.25, 0.3) is 11.1 Å². The van der Waals surface area contributed by atoms with E-state index < -0.39 is 23.3 Å². The van der Waals surface area contributed by atoms with Crippen molar-refractivity contribution in [1.29, 1.82) is 0 Å². The van der Waals surface area contributed by atoms with Crippen LogP contribution in [0.15, 0.2) is 36.4 Å². The van der Waals surface area contributed by atoms with Gasteiger partial charge in [0, 0.05) is 11.1 Å². The first-order valence-electron chi connectivity index (χ1n) is 13.1. The zero-order chi connectivity index (χ0) is 24.5. The zero-order valence-electron chi connectivity index (χ0n) is 20.6. The second-order valence-electron chi connectivity index (χ2n) is 9.73. The van der Waals surface area contributed by atoms with Gasteiger partial charge in [-0.25, -0.2) is 17.6 Å². The molecule has 0 radical (unpaired) electrons. The predicted molar refractivity (Wildman–Crippen MR) is 133 cm³/mol. The lowest BCUT2D eigenvalue weighted by atomic mass is 9.76. The molecule has 0 heterocycles. The molecular weight excluding hydrogens is 436 g/mol. The lowest BCUT2D eigenvalue weighted by molar-refractivity contribution is 0.297. The van der Waals surface area contributed by atoms with E-state index in [2.05, 4.69) is 6.92 Å². The highest BCUT2D eigenvalue weighted by Gasteiger charge is 2.27. The van der Waals surface area contributed by atoms with Gasteiger partial charge in [-0.3, -0.25) is 0 Å². The van der Waals surface area contributed by atoms with Gasteiger partial charge in [0.15, 0.2) is 23.3 Å². The van der Waals surface area contributed by atoms with Gasteiger partial charge in [-0.2, -0.15) is 0 Å². The molecule has 0 bridgehead atoms. The lowest BCUT2D eigenvalue weighted by Crippen LogP contribution is -2.15. The van der Waals surface area contributed by atoms with Gasteiger partial charge in [-0.1, -0.05) is 88.8 Å². The molecule has 0 N–H and O–H groups in total. The van der Waals surface area contributed by atoms with Crippen LogP contribution in [0.1, 0.15) is 102 Å². The monoisotopic (exact) mass is 474 g/mol. The second-order valence-corrected chi connectivity index (χ2v) is 9.73. The first kappa shape index (κ1) is 26.5. The van der Waals surface area contributed by atoms with Crippen molar-refractivity contribution in [3.63, 3.8) is 0 Å². The van der Waals surface area contributed by atoms with Crippen molar-refractivity contribution in [3.05, 3.63) is 70.8 Å². The Morgan fingerprint density at radius 1 is 0.706 bits per heavy atom. The molecule has 1 fully saturated rings. The average Bonchev–Trinajstić information content (AvgIpc) is 2.84. The first-order valence-corrected chi connectivity index (χ1v) is 13.1. The smallest absolute Gasteiger partial charge is 0.167 e. The number of unbranched alkanes of at least 4 members (excludes halogenated alkanes) is 4. The molecule has 2 aromatic rings. The number of rotatable bonds is 11. The van der Waals surface area contributed by atoms with Gasteiger partial charge >= 0.3 is 0 Å². The molecule has 0 saturated heterocycles. The Bertz CT molecular complexity index is 955. The van der Waals surface area contributed by atoms with Crippen LogP contribution < -0.4 is 0 Å². The lowest BCUT2D eigenvalue weighted by Gasteiger charge is -2.29. The number of allylic oxidation sites excluding steroid dienone is 2. The summed E-state index contributed by atoms with van der Waals surface area (Å²) in [6.07, 6.45) is 16.1. The minimum atomic E-state index is -1.13. The van der Waals surface area contributed by atoms with Crippen LogP contribution >= 0.6 is 0 Å². The molecular formula is C30H38F4. The highest BCUT2D eigenvalue weighted by atomic mass is 19.2. The fourth-order valence-electron chi connectivity index (χ4n) is 5.22. The third kappa shape index (κ3) is 6.52. The van der Waals surface area contributed by atoms with Gasteiger partial charge in [-0.15, -0.1) is 0 Å². The van der Waals surface area contributed by atoms with Crippen molar-refractivity contribution in [1.82, 2.24) is 0 Å². The van der Waals surface area contributed by atoms with E-state index in [-0.39, 0.29) is 29.0 Å². The van der Waals surface area contributed by atoms with E-state index in [0.717, 1.165) is 32.1 Å².